The molecule has 16 heavy (non-hydrogen) atoms. The first-order valence-corrected chi connectivity index (χ1v) is 4.97. The van der Waals surface area contributed by atoms with Crippen LogP contribution >= 0.6 is 11.6 Å². The molecule has 0 radical (unpaired) electrons. The van der Waals surface area contributed by atoms with E-state index >= 15 is 0 Å². The first kappa shape index (κ1) is 13.3. The fourth-order valence-corrected chi connectivity index (χ4v) is 1.54. The van der Waals surface area contributed by atoms with Crippen molar-refractivity contribution in [2.75, 3.05) is 13.2 Å². The molecule has 0 aliphatic rings. The molecule has 1 atom stereocenters. The molecule has 0 heterocycles. The van der Waals surface area contributed by atoms with Gasteiger partial charge < -0.3 is 5.11 Å². The molecule has 0 aromatic heterocycles. The maximum atomic E-state index is 12.0. The topological polar surface area (TPSA) is 32.3 Å². The van der Waals surface area contributed by atoms with E-state index in [0.717, 1.165) is 0 Å². The zero-order valence-electron chi connectivity index (χ0n) is 8.26. The lowest BCUT2D eigenvalue weighted by Crippen LogP contribution is -2.33. The molecular weight excluding hydrogens is 243 g/mol. The Morgan fingerprint density at radius 1 is 1.31 bits per heavy atom. The Bertz CT molecular complexity index is 343. The second kappa shape index (κ2) is 5.52. The molecule has 1 unspecified atom stereocenters. The summed E-state index contributed by atoms with van der Waals surface area (Å²) >= 11 is 5.82. The van der Waals surface area contributed by atoms with Crippen LogP contribution in [0.3, 0.4) is 0 Å². The summed E-state index contributed by atoms with van der Waals surface area (Å²) in [7, 11) is 0. The number of alkyl halides is 3. The van der Waals surface area contributed by atoms with Crippen molar-refractivity contribution >= 4 is 11.6 Å². The second-order valence-corrected chi connectivity index (χ2v) is 3.66. The standard InChI is InChI=1S/C10H11ClF3NO/c11-8-4-2-1-3-7(8)9(5-16)15-6-10(12,13)14/h1-4,9,15-16H,5-6H2. The Labute approximate surface area is 96.0 Å². The molecule has 0 saturated carbocycles. The van der Waals surface area contributed by atoms with Crippen LogP contribution in [0.1, 0.15) is 11.6 Å². The van der Waals surface area contributed by atoms with Crippen molar-refractivity contribution in [3.8, 4) is 0 Å². The van der Waals surface area contributed by atoms with Crippen LogP contribution in [0.15, 0.2) is 24.3 Å². The van der Waals surface area contributed by atoms with Gasteiger partial charge in [0.15, 0.2) is 0 Å². The number of hydrogen-bond donors (Lipinski definition) is 2. The van der Waals surface area contributed by atoms with Crippen LogP contribution < -0.4 is 5.32 Å². The summed E-state index contributed by atoms with van der Waals surface area (Å²) in [5, 5.41) is 11.5. The number of aliphatic hydroxyl groups is 1. The fourth-order valence-electron chi connectivity index (χ4n) is 1.27. The molecular formula is C10H11ClF3NO. The normalized spacial score (nSPS) is 13.8. The lowest BCUT2D eigenvalue weighted by Gasteiger charge is -2.18. The molecule has 0 aliphatic carbocycles. The largest absolute Gasteiger partial charge is 0.401 e. The maximum Gasteiger partial charge on any atom is 0.401 e. The number of benzene rings is 1. The highest BCUT2D eigenvalue weighted by Crippen LogP contribution is 2.23. The molecule has 0 saturated heterocycles. The highest BCUT2D eigenvalue weighted by Gasteiger charge is 2.28. The molecule has 1 aromatic carbocycles. The molecule has 1 aromatic rings. The van der Waals surface area contributed by atoms with Crippen LogP contribution in [0.2, 0.25) is 5.02 Å². The average molecular weight is 254 g/mol. The van der Waals surface area contributed by atoms with Gasteiger partial charge >= 0.3 is 6.18 Å². The lowest BCUT2D eigenvalue weighted by atomic mass is 10.1. The number of hydrogen-bond acceptors (Lipinski definition) is 2. The van der Waals surface area contributed by atoms with Crippen molar-refractivity contribution in [1.29, 1.82) is 0 Å². The van der Waals surface area contributed by atoms with Gasteiger partial charge in [0.1, 0.15) is 0 Å². The molecule has 2 N–H and O–H groups in total. The van der Waals surface area contributed by atoms with E-state index in [0.29, 0.717) is 10.6 Å². The van der Waals surface area contributed by atoms with Crippen molar-refractivity contribution in [3.63, 3.8) is 0 Å². The summed E-state index contributed by atoms with van der Waals surface area (Å²) < 4.78 is 36.0. The number of nitrogens with one attached hydrogen (secondary N) is 1. The number of aliphatic hydroxyl groups excluding tert-OH is 1. The van der Waals surface area contributed by atoms with Crippen molar-refractivity contribution in [1.82, 2.24) is 5.32 Å². The van der Waals surface area contributed by atoms with Gasteiger partial charge in [-0.05, 0) is 11.6 Å². The summed E-state index contributed by atoms with van der Waals surface area (Å²) in [4.78, 5) is 0. The second-order valence-electron chi connectivity index (χ2n) is 3.25. The number of halogens is 4. The Kier molecular flexibility index (Phi) is 4.58. The number of rotatable bonds is 4. The van der Waals surface area contributed by atoms with Gasteiger partial charge in [0, 0.05) is 5.02 Å². The zero-order chi connectivity index (χ0) is 12.2. The zero-order valence-corrected chi connectivity index (χ0v) is 9.02. The van der Waals surface area contributed by atoms with E-state index in [1.54, 1.807) is 24.3 Å². The average Bonchev–Trinajstić information content (AvgIpc) is 2.20. The molecule has 2 nitrogen and oxygen atoms in total. The molecule has 0 bridgehead atoms. The van der Waals surface area contributed by atoms with Crippen molar-refractivity contribution in [2.45, 2.75) is 12.2 Å². The Balaban J connectivity index is 2.72. The Hall–Kier alpha value is -0.780. The van der Waals surface area contributed by atoms with Gasteiger partial charge in [0.2, 0.25) is 0 Å². The highest BCUT2D eigenvalue weighted by atomic mass is 35.5. The van der Waals surface area contributed by atoms with E-state index in [1.807, 2.05) is 0 Å². The quantitative estimate of drug-likeness (QED) is 0.864. The van der Waals surface area contributed by atoms with Gasteiger partial charge in [-0.15, -0.1) is 0 Å². The van der Waals surface area contributed by atoms with Gasteiger partial charge in [-0.2, -0.15) is 13.2 Å². The first-order chi connectivity index (χ1) is 7.44. The van der Waals surface area contributed by atoms with E-state index in [2.05, 4.69) is 5.32 Å². The Morgan fingerprint density at radius 2 is 1.94 bits per heavy atom. The van der Waals surface area contributed by atoms with E-state index in [1.165, 1.54) is 0 Å². The van der Waals surface area contributed by atoms with Gasteiger partial charge in [-0.25, -0.2) is 0 Å². The van der Waals surface area contributed by atoms with Gasteiger partial charge in [0.05, 0.1) is 19.2 Å². The minimum Gasteiger partial charge on any atom is -0.394 e. The van der Waals surface area contributed by atoms with Crippen LogP contribution in [0.4, 0.5) is 13.2 Å². The van der Waals surface area contributed by atoms with Crippen molar-refractivity contribution in [2.24, 2.45) is 0 Å². The highest BCUT2D eigenvalue weighted by molar-refractivity contribution is 6.31. The molecule has 1 rings (SSSR count). The summed E-state index contributed by atoms with van der Waals surface area (Å²) in [6.45, 7) is -1.61. The van der Waals surface area contributed by atoms with E-state index in [4.69, 9.17) is 16.7 Å². The third-order valence-corrected chi connectivity index (χ3v) is 2.36. The van der Waals surface area contributed by atoms with E-state index in [-0.39, 0.29) is 0 Å². The van der Waals surface area contributed by atoms with Crippen LogP contribution in [-0.4, -0.2) is 24.4 Å². The monoisotopic (exact) mass is 253 g/mol. The molecule has 0 fully saturated rings. The third kappa shape index (κ3) is 4.00. The fraction of sp³-hybridized carbons (Fsp3) is 0.400. The predicted molar refractivity (Wildman–Crippen MR) is 55.3 cm³/mol. The maximum absolute atomic E-state index is 12.0. The van der Waals surface area contributed by atoms with Gasteiger partial charge in [-0.3, -0.25) is 5.32 Å². The third-order valence-electron chi connectivity index (χ3n) is 2.01. The first-order valence-electron chi connectivity index (χ1n) is 4.59. The molecule has 90 valence electrons. The minimum atomic E-state index is -4.31. The van der Waals surface area contributed by atoms with Crippen LogP contribution in [0.25, 0.3) is 0 Å². The lowest BCUT2D eigenvalue weighted by molar-refractivity contribution is -0.126. The predicted octanol–water partition coefficient (Wildman–Crippen LogP) is 2.53. The van der Waals surface area contributed by atoms with Crippen LogP contribution in [0.5, 0.6) is 0 Å². The summed E-state index contributed by atoms with van der Waals surface area (Å²) in [5.41, 5.74) is 0.455. The van der Waals surface area contributed by atoms with Gasteiger partial charge in [-0.1, -0.05) is 29.8 Å². The SMILES string of the molecule is OCC(NCC(F)(F)F)c1ccccc1Cl. The van der Waals surface area contributed by atoms with E-state index in [9.17, 15) is 13.2 Å². The minimum absolute atomic E-state index is 0.330. The summed E-state index contributed by atoms with van der Waals surface area (Å²) in [6, 6.07) is 5.65. The van der Waals surface area contributed by atoms with Crippen LogP contribution in [-0.2, 0) is 0 Å². The molecule has 0 spiro atoms. The summed E-state index contributed by atoms with van der Waals surface area (Å²) in [6.07, 6.45) is -4.31. The molecule has 0 amide bonds. The van der Waals surface area contributed by atoms with Crippen LogP contribution in [0, 0.1) is 0 Å². The van der Waals surface area contributed by atoms with Gasteiger partial charge in [0.25, 0.3) is 0 Å². The van der Waals surface area contributed by atoms with E-state index < -0.39 is 25.4 Å². The Morgan fingerprint density at radius 3 is 2.44 bits per heavy atom. The van der Waals surface area contributed by atoms with Crippen molar-refractivity contribution < 1.29 is 18.3 Å². The summed E-state index contributed by atoms with van der Waals surface area (Å²) in [5.74, 6) is 0. The molecule has 0 aliphatic heterocycles. The van der Waals surface area contributed by atoms with Crippen molar-refractivity contribution in [3.05, 3.63) is 34.9 Å². The smallest absolute Gasteiger partial charge is 0.394 e. The molecule has 6 heteroatoms.